The molecule has 1 aromatic carbocycles. The molecule has 0 fully saturated rings. The zero-order valence-corrected chi connectivity index (χ0v) is 12.7. The molecule has 0 radical (unpaired) electrons. The van der Waals surface area contributed by atoms with Crippen LogP contribution in [0.25, 0.3) is 0 Å². The number of aryl methyl sites for hydroxylation is 1. The molecule has 0 saturated carbocycles. The maximum atomic E-state index is 5.44. The summed E-state index contributed by atoms with van der Waals surface area (Å²) in [5.41, 5.74) is 1.42. The van der Waals surface area contributed by atoms with Crippen LogP contribution in [0.15, 0.2) is 24.3 Å². The number of unbranched alkanes of at least 4 members (excludes halogenated alkanes) is 2. The van der Waals surface area contributed by atoms with Gasteiger partial charge in [0.05, 0.1) is 6.61 Å². The second kappa shape index (κ2) is 9.85. The van der Waals surface area contributed by atoms with Crippen LogP contribution in [0.1, 0.15) is 45.6 Å². The Morgan fingerprint density at radius 2 is 1.79 bits per heavy atom. The molecule has 0 aliphatic carbocycles. The van der Waals surface area contributed by atoms with Gasteiger partial charge in [-0.2, -0.15) is 0 Å². The van der Waals surface area contributed by atoms with E-state index < -0.39 is 0 Å². The van der Waals surface area contributed by atoms with E-state index in [2.05, 4.69) is 43.4 Å². The summed E-state index contributed by atoms with van der Waals surface area (Å²) in [5, 5.41) is 3.49. The largest absolute Gasteiger partial charge is 0.494 e. The highest BCUT2D eigenvalue weighted by atomic mass is 16.5. The van der Waals surface area contributed by atoms with Gasteiger partial charge in [0.25, 0.3) is 0 Å². The molecule has 0 amide bonds. The molecule has 0 bridgehead atoms. The lowest BCUT2D eigenvalue weighted by atomic mass is 10.1. The molecule has 0 unspecified atom stereocenters. The van der Waals surface area contributed by atoms with Crippen LogP contribution >= 0.6 is 0 Å². The minimum atomic E-state index is 0.739. The Labute approximate surface area is 118 Å². The molecule has 0 aliphatic rings. The van der Waals surface area contributed by atoms with Crippen LogP contribution < -0.4 is 10.1 Å². The molecule has 0 atom stereocenters. The number of rotatable bonds is 10. The SMILES string of the molecule is CCOc1ccc(CCCCCNCC(C)C)cc1. The summed E-state index contributed by atoms with van der Waals surface area (Å²) in [7, 11) is 0. The van der Waals surface area contributed by atoms with E-state index >= 15 is 0 Å². The monoisotopic (exact) mass is 263 g/mol. The Bertz CT molecular complexity index is 319. The highest BCUT2D eigenvalue weighted by molar-refractivity contribution is 5.27. The first-order valence-electron chi connectivity index (χ1n) is 7.64. The molecule has 0 aliphatic heterocycles. The second-order valence-electron chi connectivity index (χ2n) is 5.49. The number of hydrogen-bond donors (Lipinski definition) is 1. The average Bonchev–Trinajstić information content (AvgIpc) is 2.39. The van der Waals surface area contributed by atoms with Gasteiger partial charge >= 0.3 is 0 Å². The van der Waals surface area contributed by atoms with Crippen molar-refractivity contribution in [3.63, 3.8) is 0 Å². The van der Waals surface area contributed by atoms with Gasteiger partial charge in [-0.25, -0.2) is 0 Å². The van der Waals surface area contributed by atoms with Gasteiger partial charge in [0.1, 0.15) is 5.75 Å². The van der Waals surface area contributed by atoms with Crippen molar-refractivity contribution in [2.75, 3.05) is 19.7 Å². The summed E-state index contributed by atoms with van der Waals surface area (Å²) in [6.45, 7) is 9.54. The van der Waals surface area contributed by atoms with Crippen molar-refractivity contribution < 1.29 is 4.74 Å². The Morgan fingerprint density at radius 3 is 2.42 bits per heavy atom. The van der Waals surface area contributed by atoms with Crippen LogP contribution in [0.2, 0.25) is 0 Å². The van der Waals surface area contributed by atoms with E-state index in [1.54, 1.807) is 0 Å². The van der Waals surface area contributed by atoms with Gasteiger partial charge in [-0.3, -0.25) is 0 Å². The van der Waals surface area contributed by atoms with Gasteiger partial charge in [0.15, 0.2) is 0 Å². The van der Waals surface area contributed by atoms with Crippen molar-refractivity contribution in [2.45, 2.75) is 46.5 Å². The zero-order chi connectivity index (χ0) is 13.9. The summed E-state index contributed by atoms with van der Waals surface area (Å²) in [6, 6.07) is 8.51. The van der Waals surface area contributed by atoms with Crippen molar-refractivity contribution >= 4 is 0 Å². The van der Waals surface area contributed by atoms with E-state index in [9.17, 15) is 0 Å². The highest BCUT2D eigenvalue weighted by Gasteiger charge is 1.96. The van der Waals surface area contributed by atoms with Crippen molar-refractivity contribution in [1.29, 1.82) is 0 Å². The summed E-state index contributed by atoms with van der Waals surface area (Å²) >= 11 is 0. The van der Waals surface area contributed by atoms with Crippen molar-refractivity contribution in [3.8, 4) is 5.75 Å². The summed E-state index contributed by atoms with van der Waals surface area (Å²) in [5.74, 6) is 1.73. The van der Waals surface area contributed by atoms with Crippen molar-refractivity contribution in [3.05, 3.63) is 29.8 Å². The Morgan fingerprint density at radius 1 is 1.05 bits per heavy atom. The Hall–Kier alpha value is -1.02. The van der Waals surface area contributed by atoms with Gasteiger partial charge in [-0.05, 0) is 62.9 Å². The molecule has 1 N–H and O–H groups in total. The number of benzene rings is 1. The van der Waals surface area contributed by atoms with E-state index in [1.807, 2.05) is 6.92 Å². The van der Waals surface area contributed by atoms with Gasteiger partial charge in [0.2, 0.25) is 0 Å². The van der Waals surface area contributed by atoms with E-state index in [1.165, 1.54) is 31.2 Å². The van der Waals surface area contributed by atoms with E-state index in [4.69, 9.17) is 4.74 Å². The Kier molecular flexibility index (Phi) is 8.31. The van der Waals surface area contributed by atoms with E-state index in [0.717, 1.165) is 31.4 Å². The zero-order valence-electron chi connectivity index (χ0n) is 12.7. The molecule has 19 heavy (non-hydrogen) atoms. The molecule has 2 nitrogen and oxygen atoms in total. The third kappa shape index (κ3) is 7.89. The first-order valence-corrected chi connectivity index (χ1v) is 7.64. The van der Waals surface area contributed by atoms with Gasteiger partial charge in [0, 0.05) is 0 Å². The van der Waals surface area contributed by atoms with Crippen molar-refractivity contribution in [2.24, 2.45) is 5.92 Å². The lowest BCUT2D eigenvalue weighted by Gasteiger charge is -2.07. The molecule has 0 heterocycles. The van der Waals surface area contributed by atoms with Crippen molar-refractivity contribution in [1.82, 2.24) is 5.32 Å². The quantitative estimate of drug-likeness (QED) is 0.643. The standard InChI is InChI=1S/C17H29NO/c1-4-19-17-11-9-16(10-12-17)8-6-5-7-13-18-14-15(2)3/h9-12,15,18H,4-8,13-14H2,1-3H3. The van der Waals surface area contributed by atoms with Crippen LogP contribution in [0.3, 0.4) is 0 Å². The fourth-order valence-electron chi connectivity index (χ4n) is 2.07. The predicted molar refractivity (Wildman–Crippen MR) is 82.9 cm³/mol. The molecule has 0 spiro atoms. The molecule has 0 saturated heterocycles. The van der Waals surface area contributed by atoms with Crippen LogP contribution in [0.4, 0.5) is 0 Å². The maximum Gasteiger partial charge on any atom is 0.119 e. The molecule has 2 heteroatoms. The van der Waals surface area contributed by atoms with E-state index in [-0.39, 0.29) is 0 Å². The first-order chi connectivity index (χ1) is 9.22. The minimum Gasteiger partial charge on any atom is -0.494 e. The lowest BCUT2D eigenvalue weighted by molar-refractivity contribution is 0.340. The topological polar surface area (TPSA) is 21.3 Å². The summed E-state index contributed by atoms with van der Waals surface area (Å²) in [4.78, 5) is 0. The second-order valence-corrected chi connectivity index (χ2v) is 5.49. The molecule has 108 valence electrons. The molecule has 1 rings (SSSR count). The number of ether oxygens (including phenoxy) is 1. The van der Waals surface area contributed by atoms with Crippen LogP contribution in [0.5, 0.6) is 5.75 Å². The fraction of sp³-hybridized carbons (Fsp3) is 0.647. The number of nitrogens with one attached hydrogen (secondary N) is 1. The van der Waals surface area contributed by atoms with Crippen LogP contribution in [0, 0.1) is 5.92 Å². The fourth-order valence-corrected chi connectivity index (χ4v) is 2.07. The molecular formula is C17H29NO. The highest BCUT2D eigenvalue weighted by Crippen LogP contribution is 2.14. The minimum absolute atomic E-state index is 0.739. The predicted octanol–water partition coefficient (Wildman–Crippen LogP) is 4.04. The van der Waals surface area contributed by atoms with Crippen LogP contribution in [-0.4, -0.2) is 19.7 Å². The third-order valence-corrected chi connectivity index (χ3v) is 3.11. The lowest BCUT2D eigenvalue weighted by Crippen LogP contribution is -2.20. The van der Waals surface area contributed by atoms with Gasteiger partial charge < -0.3 is 10.1 Å². The van der Waals surface area contributed by atoms with Gasteiger partial charge in [-0.15, -0.1) is 0 Å². The average molecular weight is 263 g/mol. The summed E-state index contributed by atoms with van der Waals surface area (Å²) < 4.78 is 5.44. The smallest absolute Gasteiger partial charge is 0.119 e. The summed E-state index contributed by atoms with van der Waals surface area (Å²) in [6.07, 6.45) is 5.04. The molecular weight excluding hydrogens is 234 g/mol. The first kappa shape index (κ1) is 16.0. The maximum absolute atomic E-state index is 5.44. The normalized spacial score (nSPS) is 10.9. The molecule has 0 aromatic heterocycles. The molecule has 1 aromatic rings. The van der Waals surface area contributed by atoms with E-state index in [0.29, 0.717) is 0 Å². The Balaban J connectivity index is 2.05. The van der Waals surface area contributed by atoms with Crippen LogP contribution in [-0.2, 0) is 6.42 Å². The van der Waals surface area contributed by atoms with Gasteiger partial charge in [-0.1, -0.05) is 32.4 Å². The number of hydrogen-bond acceptors (Lipinski definition) is 2. The third-order valence-electron chi connectivity index (χ3n) is 3.11.